The van der Waals surface area contributed by atoms with Crippen LogP contribution in [0.25, 0.3) is 10.8 Å². The van der Waals surface area contributed by atoms with Crippen molar-refractivity contribution in [2.75, 3.05) is 6.61 Å². The highest BCUT2D eigenvalue weighted by Crippen LogP contribution is 2.25. The smallest absolute Gasteiger partial charge is 0.290 e. The molecule has 8 nitrogen and oxygen atoms in total. The molecule has 142 valence electrons. The lowest BCUT2D eigenvalue weighted by Gasteiger charge is -2.11. The maximum atomic E-state index is 12.6. The molecule has 0 radical (unpaired) electrons. The normalized spacial score (nSPS) is 12.3. The van der Waals surface area contributed by atoms with Crippen molar-refractivity contribution in [2.45, 2.75) is 19.9 Å². The number of rotatable bonds is 3. The van der Waals surface area contributed by atoms with Gasteiger partial charge in [-0.3, -0.25) is 25.2 Å². The van der Waals surface area contributed by atoms with Crippen LogP contribution in [0, 0.1) is 0 Å². The molecule has 8 heteroatoms. The van der Waals surface area contributed by atoms with E-state index in [0.717, 1.165) is 17.7 Å². The predicted octanol–water partition coefficient (Wildman–Crippen LogP) is 1.43. The average molecular weight is 378 g/mol. The molecule has 0 fully saturated rings. The number of amides is 2. The first-order chi connectivity index (χ1) is 13.6. The van der Waals surface area contributed by atoms with Crippen LogP contribution >= 0.6 is 0 Å². The monoisotopic (exact) mass is 378 g/mol. The van der Waals surface area contributed by atoms with E-state index in [2.05, 4.69) is 16.0 Å². The van der Waals surface area contributed by atoms with E-state index in [1.807, 2.05) is 0 Å². The fourth-order valence-corrected chi connectivity index (χ4v) is 3.19. The summed E-state index contributed by atoms with van der Waals surface area (Å²) in [5, 5.41) is 4.97. The number of nitrogens with one attached hydrogen (secondary N) is 2. The minimum Gasteiger partial charge on any atom is -0.493 e. The Morgan fingerprint density at radius 2 is 1.86 bits per heavy atom. The molecule has 1 aliphatic heterocycles. The molecule has 2 amide bonds. The number of ether oxygens (including phenoxy) is 1. The number of hydrazine groups is 1. The van der Waals surface area contributed by atoms with Crippen molar-refractivity contribution in [1.29, 1.82) is 0 Å². The highest BCUT2D eigenvalue weighted by Gasteiger charge is 2.18. The van der Waals surface area contributed by atoms with E-state index in [-0.39, 0.29) is 11.3 Å². The molecule has 0 spiro atoms. The highest BCUT2D eigenvalue weighted by molar-refractivity contribution is 6.06. The number of aryl methyl sites for hydroxylation is 1. The quantitative estimate of drug-likeness (QED) is 0.671. The minimum atomic E-state index is -0.601. The SMILES string of the molecule is CCn1nc(C(=O)NNC(=O)c2ccc3c(c2)CCO3)c2ccccc2c1=O. The molecule has 2 N–H and O–H groups in total. The van der Waals surface area contributed by atoms with Gasteiger partial charge in [0.25, 0.3) is 17.4 Å². The van der Waals surface area contributed by atoms with Gasteiger partial charge >= 0.3 is 0 Å². The number of hydrogen-bond acceptors (Lipinski definition) is 5. The summed E-state index contributed by atoms with van der Waals surface area (Å²) in [5.41, 5.74) is 5.96. The van der Waals surface area contributed by atoms with Crippen LogP contribution in [0.4, 0.5) is 0 Å². The molecule has 0 bridgehead atoms. The van der Waals surface area contributed by atoms with Crippen LogP contribution in [0.1, 0.15) is 33.3 Å². The van der Waals surface area contributed by atoms with Gasteiger partial charge in [0.2, 0.25) is 0 Å². The zero-order valence-corrected chi connectivity index (χ0v) is 15.2. The molecule has 2 heterocycles. The lowest BCUT2D eigenvalue weighted by atomic mass is 10.1. The van der Waals surface area contributed by atoms with Crippen LogP contribution in [-0.2, 0) is 13.0 Å². The molecule has 2 aromatic carbocycles. The number of nitrogens with zero attached hydrogens (tertiary/aromatic N) is 2. The number of fused-ring (bicyclic) bond motifs is 2. The summed E-state index contributed by atoms with van der Waals surface area (Å²) in [7, 11) is 0. The minimum absolute atomic E-state index is 0.0692. The molecule has 0 saturated heterocycles. The Kier molecular flexibility index (Phi) is 4.52. The second kappa shape index (κ2) is 7.15. The molecular formula is C20H18N4O4. The number of benzene rings is 2. The van der Waals surface area contributed by atoms with Gasteiger partial charge in [0, 0.05) is 23.9 Å². The Morgan fingerprint density at radius 3 is 2.64 bits per heavy atom. The summed E-state index contributed by atoms with van der Waals surface area (Å²) < 4.78 is 6.65. The molecular weight excluding hydrogens is 360 g/mol. The van der Waals surface area contributed by atoms with Gasteiger partial charge in [-0.05, 0) is 36.8 Å². The Bertz CT molecular complexity index is 1150. The topological polar surface area (TPSA) is 102 Å². The molecule has 3 aromatic rings. The molecule has 0 unspecified atom stereocenters. The van der Waals surface area contributed by atoms with Crippen molar-refractivity contribution in [1.82, 2.24) is 20.6 Å². The van der Waals surface area contributed by atoms with Crippen molar-refractivity contribution in [3.8, 4) is 5.75 Å². The largest absolute Gasteiger partial charge is 0.493 e. The summed E-state index contributed by atoms with van der Waals surface area (Å²) in [6.45, 7) is 2.70. The zero-order valence-electron chi connectivity index (χ0n) is 15.2. The van der Waals surface area contributed by atoms with Gasteiger partial charge in [0.1, 0.15) is 5.75 Å². The van der Waals surface area contributed by atoms with E-state index in [1.165, 1.54) is 4.68 Å². The fraction of sp³-hybridized carbons (Fsp3) is 0.200. The maximum absolute atomic E-state index is 12.6. The van der Waals surface area contributed by atoms with Gasteiger partial charge in [-0.2, -0.15) is 5.10 Å². The molecule has 0 atom stereocenters. The third kappa shape index (κ3) is 3.09. The first kappa shape index (κ1) is 17.7. The average Bonchev–Trinajstić information content (AvgIpc) is 3.20. The summed E-state index contributed by atoms with van der Waals surface area (Å²) in [4.78, 5) is 37.4. The Balaban J connectivity index is 1.56. The van der Waals surface area contributed by atoms with E-state index in [4.69, 9.17) is 4.74 Å². The zero-order chi connectivity index (χ0) is 19.7. The van der Waals surface area contributed by atoms with Crippen molar-refractivity contribution in [3.63, 3.8) is 0 Å². The summed E-state index contributed by atoms with van der Waals surface area (Å²) in [5.74, 6) is -0.273. The molecule has 0 aliphatic carbocycles. The van der Waals surface area contributed by atoms with Gasteiger partial charge < -0.3 is 4.74 Å². The second-order valence-electron chi connectivity index (χ2n) is 6.34. The first-order valence-corrected chi connectivity index (χ1v) is 8.94. The van der Waals surface area contributed by atoms with Gasteiger partial charge in [-0.15, -0.1) is 0 Å². The van der Waals surface area contributed by atoms with Crippen molar-refractivity contribution >= 4 is 22.6 Å². The summed E-state index contributed by atoms with van der Waals surface area (Å²) in [6, 6.07) is 11.9. The van der Waals surface area contributed by atoms with Gasteiger partial charge in [-0.1, -0.05) is 18.2 Å². The van der Waals surface area contributed by atoms with Gasteiger partial charge in [0.15, 0.2) is 5.69 Å². The van der Waals surface area contributed by atoms with Crippen molar-refractivity contribution < 1.29 is 14.3 Å². The predicted molar refractivity (Wildman–Crippen MR) is 102 cm³/mol. The number of carbonyl (C=O) groups excluding carboxylic acids is 2. The lowest BCUT2D eigenvalue weighted by Crippen LogP contribution is -2.42. The number of carbonyl (C=O) groups is 2. The number of aromatic nitrogens is 2. The molecule has 0 saturated carbocycles. The molecule has 4 rings (SSSR count). The second-order valence-corrected chi connectivity index (χ2v) is 6.34. The Hall–Kier alpha value is -3.68. The van der Waals surface area contributed by atoms with Crippen LogP contribution in [0.2, 0.25) is 0 Å². The lowest BCUT2D eigenvalue weighted by molar-refractivity contribution is 0.0843. The van der Waals surface area contributed by atoms with E-state index in [0.29, 0.717) is 29.5 Å². The Labute approximate surface area is 160 Å². The van der Waals surface area contributed by atoms with Crippen LogP contribution in [0.15, 0.2) is 47.3 Å². The van der Waals surface area contributed by atoms with E-state index < -0.39 is 11.8 Å². The van der Waals surface area contributed by atoms with E-state index in [9.17, 15) is 14.4 Å². The van der Waals surface area contributed by atoms with E-state index >= 15 is 0 Å². The molecule has 1 aromatic heterocycles. The third-order valence-corrected chi connectivity index (χ3v) is 4.62. The van der Waals surface area contributed by atoms with Gasteiger partial charge in [-0.25, -0.2) is 4.68 Å². The fourth-order valence-electron chi connectivity index (χ4n) is 3.19. The third-order valence-electron chi connectivity index (χ3n) is 4.62. The van der Waals surface area contributed by atoms with E-state index in [1.54, 1.807) is 49.4 Å². The van der Waals surface area contributed by atoms with Crippen LogP contribution in [-0.4, -0.2) is 28.2 Å². The van der Waals surface area contributed by atoms with Crippen LogP contribution in [0.5, 0.6) is 5.75 Å². The van der Waals surface area contributed by atoms with Crippen LogP contribution < -0.4 is 21.1 Å². The van der Waals surface area contributed by atoms with Crippen molar-refractivity contribution in [2.24, 2.45) is 0 Å². The standard InChI is InChI=1S/C20H18N4O4/c1-2-24-20(27)15-6-4-3-5-14(15)17(23-24)19(26)22-21-18(25)13-7-8-16-12(11-13)9-10-28-16/h3-8,11H,2,9-10H2,1H3,(H,21,25)(H,22,26). The summed E-state index contributed by atoms with van der Waals surface area (Å²) in [6.07, 6.45) is 0.747. The first-order valence-electron chi connectivity index (χ1n) is 8.94. The van der Waals surface area contributed by atoms with Crippen molar-refractivity contribution in [3.05, 3.63) is 69.6 Å². The van der Waals surface area contributed by atoms with Gasteiger partial charge in [0.05, 0.1) is 12.0 Å². The maximum Gasteiger partial charge on any atom is 0.290 e. The molecule has 1 aliphatic rings. The highest BCUT2D eigenvalue weighted by atomic mass is 16.5. The van der Waals surface area contributed by atoms with Crippen LogP contribution in [0.3, 0.4) is 0 Å². The Morgan fingerprint density at radius 1 is 1.11 bits per heavy atom. The summed E-state index contributed by atoms with van der Waals surface area (Å²) >= 11 is 0. The molecule has 28 heavy (non-hydrogen) atoms. The number of hydrogen-bond donors (Lipinski definition) is 2.